The van der Waals surface area contributed by atoms with Crippen LogP contribution >= 0.6 is 15.6 Å². The maximum atomic E-state index is 13.1. The van der Waals surface area contributed by atoms with Gasteiger partial charge in [0.05, 0.1) is 26.4 Å². The number of phosphoric ester groups is 2. The molecule has 0 bridgehead atoms. The Morgan fingerprint density at radius 2 is 0.451 bits per heavy atom. The molecule has 0 fully saturated rings. The van der Waals surface area contributed by atoms with Crippen molar-refractivity contribution in [1.82, 2.24) is 0 Å². The van der Waals surface area contributed by atoms with E-state index in [1.165, 1.54) is 257 Å². The largest absolute Gasteiger partial charge is 0.472 e. The molecule has 0 aliphatic carbocycles. The molecule has 0 spiro atoms. The Balaban J connectivity index is 5.21. The zero-order chi connectivity index (χ0) is 74.9. The van der Waals surface area contributed by atoms with Crippen LogP contribution in [0.15, 0.2) is 0 Å². The molecule has 0 aromatic carbocycles. The molecular formula is C83H162O17P2. The van der Waals surface area contributed by atoms with Crippen molar-refractivity contribution in [3.8, 4) is 0 Å². The van der Waals surface area contributed by atoms with Crippen molar-refractivity contribution in [1.29, 1.82) is 0 Å². The van der Waals surface area contributed by atoms with E-state index in [0.717, 1.165) is 102 Å². The summed E-state index contributed by atoms with van der Waals surface area (Å²) in [5.74, 6) is -0.529. The molecule has 606 valence electrons. The van der Waals surface area contributed by atoms with Gasteiger partial charge in [0.15, 0.2) is 12.2 Å². The number of hydrogen-bond acceptors (Lipinski definition) is 15. The highest BCUT2D eigenvalue weighted by molar-refractivity contribution is 7.47. The number of rotatable bonds is 82. The van der Waals surface area contributed by atoms with E-state index in [-0.39, 0.29) is 25.7 Å². The molecule has 0 saturated carbocycles. The van der Waals surface area contributed by atoms with E-state index in [1.54, 1.807) is 0 Å². The van der Waals surface area contributed by atoms with Gasteiger partial charge in [0.1, 0.15) is 19.3 Å². The maximum absolute atomic E-state index is 13.1. The molecule has 0 aliphatic heterocycles. The fourth-order valence-corrected chi connectivity index (χ4v) is 14.5. The second-order valence-corrected chi connectivity index (χ2v) is 33.7. The first kappa shape index (κ1) is 100. The third-order valence-corrected chi connectivity index (χ3v) is 21.4. The fourth-order valence-electron chi connectivity index (χ4n) is 12.9. The number of phosphoric acid groups is 2. The molecule has 0 radical (unpaired) electrons. The van der Waals surface area contributed by atoms with Crippen LogP contribution in [0.3, 0.4) is 0 Å². The average molecular weight is 1490 g/mol. The SMILES string of the molecule is CCCCCCCCCCCCCCCCCCCCCCC(=O)O[C@H](COC(=O)CCCCCCCCCCCCCCCCCCC(C)C)COP(=O)(O)OC[C@@H](O)COP(=O)(O)OC[C@@H](COC(=O)CCCCCCCCCCC)OC(=O)CCCCCCCCCCCCCC(C)C. The molecule has 0 rings (SSSR count). The highest BCUT2D eigenvalue weighted by Crippen LogP contribution is 2.45. The van der Waals surface area contributed by atoms with Crippen molar-refractivity contribution in [2.24, 2.45) is 11.8 Å². The van der Waals surface area contributed by atoms with Crippen molar-refractivity contribution in [3.63, 3.8) is 0 Å². The molecule has 0 aromatic heterocycles. The van der Waals surface area contributed by atoms with Crippen molar-refractivity contribution in [2.45, 2.75) is 458 Å². The summed E-state index contributed by atoms with van der Waals surface area (Å²) in [6, 6.07) is 0. The highest BCUT2D eigenvalue weighted by Gasteiger charge is 2.30. The molecule has 2 unspecified atom stereocenters. The van der Waals surface area contributed by atoms with E-state index in [9.17, 15) is 43.2 Å². The maximum Gasteiger partial charge on any atom is 0.472 e. The van der Waals surface area contributed by atoms with Gasteiger partial charge in [-0.25, -0.2) is 9.13 Å². The van der Waals surface area contributed by atoms with Crippen LogP contribution in [0.25, 0.3) is 0 Å². The van der Waals surface area contributed by atoms with Crippen molar-refractivity contribution < 1.29 is 80.2 Å². The van der Waals surface area contributed by atoms with Crippen LogP contribution in [0.1, 0.15) is 440 Å². The summed E-state index contributed by atoms with van der Waals surface area (Å²) in [5.41, 5.74) is 0. The third-order valence-electron chi connectivity index (χ3n) is 19.5. The molecular weight excluding hydrogens is 1330 g/mol. The summed E-state index contributed by atoms with van der Waals surface area (Å²) in [6.07, 6.45) is 65.3. The average Bonchev–Trinajstić information content (AvgIpc) is 0.967. The van der Waals surface area contributed by atoms with E-state index >= 15 is 0 Å². The lowest BCUT2D eigenvalue weighted by Gasteiger charge is -2.21. The van der Waals surface area contributed by atoms with E-state index < -0.39 is 97.5 Å². The van der Waals surface area contributed by atoms with Crippen LogP contribution in [0.5, 0.6) is 0 Å². The Bertz CT molecular complexity index is 1960. The Morgan fingerprint density at radius 3 is 0.667 bits per heavy atom. The Hall–Kier alpha value is -1.94. The molecule has 0 aromatic rings. The normalized spacial score (nSPS) is 13.9. The minimum Gasteiger partial charge on any atom is -0.462 e. The third kappa shape index (κ3) is 76.3. The highest BCUT2D eigenvalue weighted by atomic mass is 31.2. The lowest BCUT2D eigenvalue weighted by atomic mass is 10.0. The van der Waals surface area contributed by atoms with Crippen molar-refractivity contribution >= 4 is 39.5 Å². The molecule has 0 saturated heterocycles. The quantitative estimate of drug-likeness (QED) is 0.0222. The Kier molecular flexibility index (Phi) is 73.1. The Morgan fingerprint density at radius 1 is 0.265 bits per heavy atom. The molecule has 0 aliphatic rings. The number of esters is 4. The van der Waals surface area contributed by atoms with Crippen molar-refractivity contribution in [3.05, 3.63) is 0 Å². The van der Waals surface area contributed by atoms with Gasteiger partial charge in [-0.05, 0) is 37.5 Å². The number of carbonyl (C=O) groups is 4. The van der Waals surface area contributed by atoms with Gasteiger partial charge in [0.25, 0.3) is 0 Å². The summed E-state index contributed by atoms with van der Waals surface area (Å²) in [6.45, 7) is 9.66. The molecule has 0 amide bonds. The Labute approximate surface area is 626 Å². The molecule has 19 heteroatoms. The summed E-state index contributed by atoms with van der Waals surface area (Å²) in [5, 5.41) is 10.6. The van der Waals surface area contributed by atoms with Gasteiger partial charge in [-0.1, -0.05) is 388 Å². The number of unbranched alkanes of at least 4 members (excludes halogenated alkanes) is 52. The summed E-state index contributed by atoms with van der Waals surface area (Å²) >= 11 is 0. The van der Waals surface area contributed by atoms with Gasteiger partial charge in [-0.3, -0.25) is 37.3 Å². The molecule has 3 N–H and O–H groups in total. The van der Waals surface area contributed by atoms with Gasteiger partial charge >= 0.3 is 39.5 Å². The van der Waals surface area contributed by atoms with E-state index in [1.807, 2.05) is 0 Å². The van der Waals surface area contributed by atoms with E-state index in [0.29, 0.717) is 25.7 Å². The molecule has 0 heterocycles. The van der Waals surface area contributed by atoms with Gasteiger partial charge in [-0.2, -0.15) is 0 Å². The summed E-state index contributed by atoms with van der Waals surface area (Å²) in [7, 11) is -9.92. The fraction of sp³-hybridized carbons (Fsp3) is 0.952. The lowest BCUT2D eigenvalue weighted by molar-refractivity contribution is -0.161. The smallest absolute Gasteiger partial charge is 0.462 e. The van der Waals surface area contributed by atoms with Crippen LogP contribution in [0.2, 0.25) is 0 Å². The number of carbonyl (C=O) groups excluding carboxylic acids is 4. The first-order chi connectivity index (χ1) is 49.4. The minimum absolute atomic E-state index is 0.107. The van der Waals surface area contributed by atoms with E-state index in [4.69, 9.17) is 37.0 Å². The van der Waals surface area contributed by atoms with E-state index in [2.05, 4.69) is 41.5 Å². The number of ether oxygens (including phenoxy) is 4. The predicted octanol–water partition coefficient (Wildman–Crippen LogP) is 25.1. The minimum atomic E-state index is -4.96. The standard InChI is InChI=1S/C83H162O17P2/c1-7-9-11-13-15-17-18-19-20-21-22-23-24-29-32-37-43-49-55-61-67-82(87)100-79(72-94-81(86)66-60-54-48-42-36-31-28-26-25-27-30-34-40-45-51-57-63-75(3)4)74-98-102(91,92)96-70-77(84)69-95-101(89,90)97-73-78(71-93-80(85)65-59-53-47-39-16-14-12-10-8-2)99-83(88)68-62-56-50-44-38-33-35-41-46-52-58-64-76(5)6/h75-79,84H,7-74H2,1-6H3,(H,89,90)(H,91,92)/t77-,78+,79+/m0/s1. The van der Waals surface area contributed by atoms with Crippen LogP contribution in [0, 0.1) is 11.8 Å². The topological polar surface area (TPSA) is 237 Å². The van der Waals surface area contributed by atoms with Crippen molar-refractivity contribution in [2.75, 3.05) is 39.6 Å². The number of hydrogen-bond donors (Lipinski definition) is 3. The predicted molar refractivity (Wildman–Crippen MR) is 418 cm³/mol. The van der Waals surface area contributed by atoms with Crippen LogP contribution in [0.4, 0.5) is 0 Å². The van der Waals surface area contributed by atoms with Crippen LogP contribution < -0.4 is 0 Å². The van der Waals surface area contributed by atoms with Gasteiger partial charge in [-0.15, -0.1) is 0 Å². The molecule has 102 heavy (non-hydrogen) atoms. The zero-order valence-corrected chi connectivity index (χ0v) is 68.7. The van der Waals surface area contributed by atoms with Crippen LogP contribution in [-0.4, -0.2) is 96.7 Å². The summed E-state index contributed by atoms with van der Waals surface area (Å²) in [4.78, 5) is 73.0. The van der Waals surface area contributed by atoms with Gasteiger partial charge < -0.3 is 33.8 Å². The second-order valence-electron chi connectivity index (χ2n) is 30.8. The lowest BCUT2D eigenvalue weighted by Crippen LogP contribution is -2.30. The first-order valence-corrected chi connectivity index (χ1v) is 46.0. The monoisotopic (exact) mass is 1490 g/mol. The molecule has 17 nitrogen and oxygen atoms in total. The molecule has 5 atom stereocenters. The zero-order valence-electron chi connectivity index (χ0n) is 66.9. The summed E-state index contributed by atoms with van der Waals surface area (Å²) < 4.78 is 68.7. The number of aliphatic hydroxyl groups is 1. The van der Waals surface area contributed by atoms with Gasteiger partial charge in [0.2, 0.25) is 0 Å². The first-order valence-electron chi connectivity index (χ1n) is 43.0. The second kappa shape index (κ2) is 74.5. The number of aliphatic hydroxyl groups excluding tert-OH is 1. The van der Waals surface area contributed by atoms with Crippen LogP contribution in [-0.2, 0) is 65.4 Å². The van der Waals surface area contributed by atoms with Gasteiger partial charge in [0, 0.05) is 25.7 Å².